The zero-order valence-corrected chi connectivity index (χ0v) is 16.5. The molecule has 4 rings (SSSR count). The molecule has 0 saturated carbocycles. The van der Waals surface area contributed by atoms with E-state index in [1.54, 1.807) is 50.3 Å². The molecule has 0 saturated heterocycles. The van der Waals surface area contributed by atoms with Crippen LogP contribution in [0.15, 0.2) is 51.6 Å². The molecule has 0 unspecified atom stereocenters. The van der Waals surface area contributed by atoms with E-state index >= 15 is 0 Å². The summed E-state index contributed by atoms with van der Waals surface area (Å²) in [6.45, 7) is 3.66. The maximum Gasteiger partial charge on any atom is 0.276 e. The number of likely N-dealkylation sites (N-methyl/N-ethyl adjacent to an activating group) is 1. The Hall–Kier alpha value is -3.70. The lowest BCUT2D eigenvalue weighted by atomic mass is 9.98. The number of nitrogens with zero attached hydrogens (tertiary/aromatic N) is 3. The predicted octanol–water partition coefficient (Wildman–Crippen LogP) is 3.43. The lowest BCUT2D eigenvalue weighted by Crippen LogP contribution is -2.44. The number of fused-ring (bicyclic) bond motifs is 1. The summed E-state index contributed by atoms with van der Waals surface area (Å²) >= 11 is 1.38. The number of carbonyl (C=O) groups excluding carboxylic acids is 2. The third-order valence-electron chi connectivity index (χ3n) is 4.73. The Morgan fingerprint density at radius 3 is 2.62 bits per heavy atom. The number of aromatic nitrogens is 1. The highest BCUT2D eigenvalue weighted by molar-refractivity contribution is 7.19. The first-order valence-electron chi connectivity index (χ1n) is 8.88. The Bertz CT molecular complexity index is 1220. The number of imide groups is 1. The van der Waals surface area contributed by atoms with Crippen LogP contribution in [-0.4, -0.2) is 28.2 Å². The van der Waals surface area contributed by atoms with Crippen LogP contribution in [0.2, 0.25) is 0 Å². The number of nitrogens with two attached hydrogens (primary N) is 1. The number of hydrogen-bond acceptors (Lipinski definition) is 7. The Morgan fingerprint density at radius 2 is 2.00 bits per heavy atom. The van der Waals surface area contributed by atoms with Crippen LogP contribution in [0.1, 0.15) is 24.3 Å². The minimum Gasteiger partial charge on any atom is -0.435 e. The molecule has 0 fully saturated rings. The first kappa shape index (κ1) is 18.7. The lowest BCUT2D eigenvalue weighted by molar-refractivity contribution is -0.140. The summed E-state index contributed by atoms with van der Waals surface area (Å²) in [5, 5.41) is 8.90. The zero-order valence-electron chi connectivity index (χ0n) is 15.7. The van der Waals surface area contributed by atoms with E-state index < -0.39 is 5.91 Å². The van der Waals surface area contributed by atoms with E-state index in [1.807, 2.05) is 0 Å². The van der Waals surface area contributed by atoms with Crippen molar-refractivity contribution in [1.82, 2.24) is 9.88 Å². The van der Waals surface area contributed by atoms with Crippen molar-refractivity contribution >= 4 is 39.6 Å². The summed E-state index contributed by atoms with van der Waals surface area (Å²) in [6.07, 6.45) is 1.71. The lowest BCUT2D eigenvalue weighted by Gasteiger charge is -2.26. The topological polar surface area (TPSA) is 113 Å². The molecule has 1 aromatic carbocycles. The smallest absolute Gasteiger partial charge is 0.276 e. The number of benzene rings is 1. The van der Waals surface area contributed by atoms with Crippen LogP contribution in [-0.2, 0) is 9.59 Å². The molecular formula is C21H16N4O3S. The molecule has 0 spiro atoms. The van der Waals surface area contributed by atoms with Crippen LogP contribution < -0.4 is 5.73 Å². The van der Waals surface area contributed by atoms with Gasteiger partial charge in [0.1, 0.15) is 5.70 Å². The number of thiophene rings is 1. The number of oxazole rings is 1. The molecule has 2 aromatic heterocycles. The molecule has 3 heterocycles. The maximum absolute atomic E-state index is 12.7. The second-order valence-corrected chi connectivity index (χ2v) is 7.54. The molecule has 3 aromatic rings. The highest BCUT2D eigenvalue weighted by Gasteiger charge is 2.33. The molecule has 0 atom stereocenters. The van der Waals surface area contributed by atoms with Gasteiger partial charge in [0.15, 0.2) is 10.4 Å². The fraction of sp³-hybridized carbons (Fsp3) is 0.143. The molecule has 144 valence electrons. The van der Waals surface area contributed by atoms with Crippen molar-refractivity contribution in [3.05, 3.63) is 57.6 Å². The molecule has 0 bridgehead atoms. The Labute approximate surface area is 170 Å². The summed E-state index contributed by atoms with van der Waals surface area (Å²) in [5.74, 6) is -0.354. The normalized spacial score (nSPS) is 16.2. The van der Waals surface area contributed by atoms with Crippen molar-refractivity contribution in [1.29, 1.82) is 5.26 Å². The third-order valence-corrected chi connectivity index (χ3v) is 5.69. The summed E-state index contributed by atoms with van der Waals surface area (Å²) < 4.78 is 5.83. The van der Waals surface area contributed by atoms with Gasteiger partial charge >= 0.3 is 0 Å². The molecule has 2 amide bonds. The van der Waals surface area contributed by atoms with Gasteiger partial charge in [0.05, 0.1) is 11.6 Å². The molecule has 29 heavy (non-hydrogen) atoms. The van der Waals surface area contributed by atoms with E-state index in [9.17, 15) is 9.59 Å². The first-order chi connectivity index (χ1) is 13.9. The first-order valence-corrected chi connectivity index (χ1v) is 9.70. The maximum atomic E-state index is 12.7. The minimum atomic E-state index is -0.458. The molecule has 1 aliphatic rings. The van der Waals surface area contributed by atoms with Gasteiger partial charge in [-0.2, -0.15) is 10.2 Å². The summed E-state index contributed by atoms with van der Waals surface area (Å²) in [7, 11) is 0. The Kier molecular flexibility index (Phi) is 4.53. The largest absolute Gasteiger partial charge is 0.435 e. The van der Waals surface area contributed by atoms with Gasteiger partial charge in [0.2, 0.25) is 5.89 Å². The van der Waals surface area contributed by atoms with E-state index in [2.05, 4.69) is 11.1 Å². The monoisotopic (exact) mass is 404 g/mol. The highest BCUT2D eigenvalue weighted by atomic mass is 32.1. The van der Waals surface area contributed by atoms with Crippen LogP contribution in [0.4, 0.5) is 0 Å². The van der Waals surface area contributed by atoms with E-state index in [1.165, 1.54) is 11.3 Å². The molecule has 0 aliphatic carbocycles. The number of carbonyl (C=O) groups is 2. The van der Waals surface area contributed by atoms with Crippen LogP contribution in [0.3, 0.4) is 0 Å². The van der Waals surface area contributed by atoms with Gasteiger partial charge in [-0.25, -0.2) is 0 Å². The van der Waals surface area contributed by atoms with Crippen molar-refractivity contribution in [2.45, 2.75) is 13.8 Å². The summed E-state index contributed by atoms with van der Waals surface area (Å²) in [5.41, 5.74) is 8.79. The summed E-state index contributed by atoms with van der Waals surface area (Å²) in [4.78, 5) is 31.9. The number of hydrogen-bond donors (Lipinski definition) is 1. The number of rotatable bonds is 3. The average molecular weight is 404 g/mol. The van der Waals surface area contributed by atoms with Crippen LogP contribution in [0.5, 0.6) is 0 Å². The quantitative estimate of drug-likeness (QED) is 0.528. The molecule has 7 nitrogen and oxygen atoms in total. The zero-order chi connectivity index (χ0) is 20.7. The van der Waals surface area contributed by atoms with Gasteiger partial charge in [0.25, 0.3) is 11.8 Å². The van der Waals surface area contributed by atoms with Gasteiger partial charge in [-0.05, 0) is 49.8 Å². The van der Waals surface area contributed by atoms with Crippen molar-refractivity contribution in [3.63, 3.8) is 0 Å². The van der Waals surface area contributed by atoms with Crippen molar-refractivity contribution in [2.75, 3.05) is 6.54 Å². The van der Waals surface area contributed by atoms with Gasteiger partial charge < -0.3 is 10.2 Å². The third kappa shape index (κ3) is 3.11. The van der Waals surface area contributed by atoms with E-state index in [-0.39, 0.29) is 18.1 Å². The molecular weight excluding hydrogens is 388 g/mol. The van der Waals surface area contributed by atoms with E-state index in [0.29, 0.717) is 33.0 Å². The standard InChI is InChI=1S/C21H16N4O3S/c1-3-25-20(26)15(11(2)17(23)21(25)27)8-14-9-16-19(29-14)24-18(28-16)13-6-4-12(10-22)5-7-13/h4-9H,3,23H2,1-2H3/b15-8-. The fourth-order valence-electron chi connectivity index (χ4n) is 3.08. The number of nitriles is 1. The molecule has 0 radical (unpaired) electrons. The minimum absolute atomic E-state index is 0.0826. The number of amides is 2. The van der Waals surface area contributed by atoms with Crippen LogP contribution in [0, 0.1) is 11.3 Å². The molecule has 2 N–H and O–H groups in total. The molecule has 1 aliphatic heterocycles. The Morgan fingerprint density at radius 1 is 1.28 bits per heavy atom. The van der Waals surface area contributed by atoms with Crippen molar-refractivity contribution in [2.24, 2.45) is 5.73 Å². The summed E-state index contributed by atoms with van der Waals surface area (Å²) in [6, 6.07) is 10.9. The highest BCUT2D eigenvalue weighted by Crippen LogP contribution is 2.33. The second-order valence-electron chi connectivity index (χ2n) is 6.48. The van der Waals surface area contributed by atoms with E-state index in [4.69, 9.17) is 15.4 Å². The van der Waals surface area contributed by atoms with Crippen molar-refractivity contribution < 1.29 is 14.0 Å². The van der Waals surface area contributed by atoms with E-state index in [0.717, 1.165) is 15.3 Å². The van der Waals surface area contributed by atoms with Crippen LogP contribution in [0.25, 0.3) is 27.9 Å². The second kappa shape index (κ2) is 7.04. The predicted molar refractivity (Wildman–Crippen MR) is 109 cm³/mol. The Balaban J connectivity index is 1.70. The van der Waals surface area contributed by atoms with Crippen LogP contribution >= 0.6 is 11.3 Å². The van der Waals surface area contributed by atoms with Gasteiger partial charge in [0, 0.05) is 28.6 Å². The van der Waals surface area contributed by atoms with Crippen molar-refractivity contribution in [3.8, 4) is 17.5 Å². The SMILES string of the molecule is CCN1C(=O)C(N)=C(C)/C(=C/c2cc3oc(-c4ccc(C#N)cc4)nc3s2)C1=O. The molecule has 8 heteroatoms. The fourth-order valence-corrected chi connectivity index (χ4v) is 3.98. The van der Waals surface area contributed by atoms with Gasteiger partial charge in [-0.1, -0.05) is 0 Å². The van der Waals surface area contributed by atoms with Gasteiger partial charge in [-0.15, -0.1) is 11.3 Å². The average Bonchev–Trinajstić information content (AvgIpc) is 3.29. The van der Waals surface area contributed by atoms with Gasteiger partial charge in [-0.3, -0.25) is 14.5 Å².